The number of carbonyl (C=O) groups is 1. The van der Waals surface area contributed by atoms with Gasteiger partial charge in [0.15, 0.2) is 5.79 Å². The maximum Gasteiger partial charge on any atom is 0.227 e. The minimum Gasteiger partial charge on any atom is -0.349 e. The van der Waals surface area contributed by atoms with E-state index in [1.165, 1.54) is 0 Å². The van der Waals surface area contributed by atoms with E-state index in [4.69, 9.17) is 9.47 Å². The minimum absolute atomic E-state index is 0.0302. The van der Waals surface area contributed by atoms with Crippen molar-refractivity contribution in [2.75, 3.05) is 13.2 Å². The third-order valence-electron chi connectivity index (χ3n) is 6.10. The van der Waals surface area contributed by atoms with Crippen molar-refractivity contribution in [1.29, 1.82) is 0 Å². The third kappa shape index (κ3) is 2.31. The summed E-state index contributed by atoms with van der Waals surface area (Å²) in [6.45, 7) is 3.38. The van der Waals surface area contributed by atoms with Crippen molar-refractivity contribution in [2.45, 2.75) is 50.9 Å². The maximum absolute atomic E-state index is 13.1. The van der Waals surface area contributed by atoms with Gasteiger partial charge in [0.25, 0.3) is 0 Å². The van der Waals surface area contributed by atoms with E-state index >= 15 is 0 Å². The van der Waals surface area contributed by atoms with Gasteiger partial charge in [-0.3, -0.25) is 4.79 Å². The molecule has 1 N–H and O–H groups in total. The van der Waals surface area contributed by atoms with Crippen molar-refractivity contribution in [2.24, 2.45) is 11.3 Å². The number of carbonyl (C=O) groups excluding carboxylic acids is 1. The first kappa shape index (κ1) is 15.2. The minimum atomic E-state index is -0.482. The van der Waals surface area contributed by atoms with Gasteiger partial charge in [-0.2, -0.15) is 0 Å². The molecule has 1 unspecified atom stereocenters. The molecule has 3 aliphatic rings. The van der Waals surface area contributed by atoms with E-state index in [2.05, 4.69) is 24.4 Å². The molecular weight excluding hydrogens is 290 g/mol. The predicted octanol–water partition coefficient (Wildman–Crippen LogP) is 3.19. The monoisotopic (exact) mass is 315 g/mol. The average molecular weight is 315 g/mol. The SMILES string of the molecule is C[C@H](NC(=O)[C@]12CCCC3(OCCO3)C1CC2)c1ccccc1. The van der Waals surface area contributed by atoms with Crippen molar-refractivity contribution >= 4 is 5.91 Å². The Kier molecular flexibility index (Phi) is 3.69. The summed E-state index contributed by atoms with van der Waals surface area (Å²) in [5.74, 6) is -0.0819. The second-order valence-corrected chi connectivity index (χ2v) is 7.22. The second kappa shape index (κ2) is 5.60. The standard InChI is InChI=1S/C19H25NO3/c1-14(15-6-3-2-4-7-15)20-17(21)18-9-5-10-19(16(18)8-11-18)22-12-13-23-19/h2-4,6-7,14,16H,5,8-13H2,1H3,(H,20,21)/t14-,16?,18-/m0/s1. The molecule has 4 nitrogen and oxygen atoms in total. The molecule has 0 bridgehead atoms. The molecule has 1 aliphatic heterocycles. The van der Waals surface area contributed by atoms with Crippen LogP contribution in [0, 0.1) is 11.3 Å². The van der Waals surface area contributed by atoms with E-state index in [1.807, 2.05) is 18.2 Å². The zero-order valence-corrected chi connectivity index (χ0v) is 13.7. The largest absolute Gasteiger partial charge is 0.349 e. The normalized spacial score (nSPS) is 32.8. The first-order valence-electron chi connectivity index (χ1n) is 8.80. The Bertz CT molecular complexity index is 582. The lowest BCUT2D eigenvalue weighted by Gasteiger charge is -2.58. The zero-order valence-electron chi connectivity index (χ0n) is 13.7. The van der Waals surface area contributed by atoms with Crippen molar-refractivity contribution < 1.29 is 14.3 Å². The molecule has 2 aliphatic carbocycles. The van der Waals surface area contributed by atoms with Crippen LogP contribution in [0.1, 0.15) is 50.6 Å². The Morgan fingerprint density at radius 3 is 2.57 bits per heavy atom. The molecule has 2 saturated carbocycles. The Hall–Kier alpha value is -1.39. The third-order valence-corrected chi connectivity index (χ3v) is 6.10. The fourth-order valence-electron chi connectivity index (χ4n) is 4.77. The number of hydrogen-bond acceptors (Lipinski definition) is 3. The molecule has 1 aromatic carbocycles. The molecule has 23 heavy (non-hydrogen) atoms. The Morgan fingerprint density at radius 1 is 1.17 bits per heavy atom. The first-order chi connectivity index (χ1) is 11.2. The quantitative estimate of drug-likeness (QED) is 0.932. The van der Waals surface area contributed by atoms with Crippen LogP contribution in [0.4, 0.5) is 0 Å². The molecule has 1 heterocycles. The Balaban J connectivity index is 1.51. The molecule has 124 valence electrons. The lowest BCUT2D eigenvalue weighted by Crippen LogP contribution is -2.63. The van der Waals surface area contributed by atoms with E-state index in [0.717, 1.165) is 37.7 Å². The predicted molar refractivity (Wildman–Crippen MR) is 86.6 cm³/mol. The van der Waals surface area contributed by atoms with Crippen LogP contribution in [0.2, 0.25) is 0 Å². The van der Waals surface area contributed by atoms with Crippen molar-refractivity contribution in [3.05, 3.63) is 35.9 Å². The van der Waals surface area contributed by atoms with E-state index < -0.39 is 5.79 Å². The zero-order chi connectivity index (χ0) is 15.9. The fraction of sp³-hybridized carbons (Fsp3) is 0.632. The number of benzene rings is 1. The van der Waals surface area contributed by atoms with Gasteiger partial charge in [-0.15, -0.1) is 0 Å². The molecule has 3 atom stereocenters. The van der Waals surface area contributed by atoms with E-state index in [0.29, 0.717) is 13.2 Å². The molecule has 4 heteroatoms. The number of nitrogens with one attached hydrogen (secondary N) is 1. The Morgan fingerprint density at radius 2 is 1.91 bits per heavy atom. The summed E-state index contributed by atoms with van der Waals surface area (Å²) in [7, 11) is 0. The highest BCUT2D eigenvalue weighted by atomic mass is 16.7. The van der Waals surface area contributed by atoms with Gasteiger partial charge in [0.05, 0.1) is 24.7 Å². The lowest BCUT2D eigenvalue weighted by atomic mass is 9.51. The van der Waals surface area contributed by atoms with Gasteiger partial charge < -0.3 is 14.8 Å². The number of fused-ring (bicyclic) bond motifs is 2. The van der Waals surface area contributed by atoms with Crippen LogP contribution < -0.4 is 5.32 Å². The number of hydrogen-bond donors (Lipinski definition) is 1. The van der Waals surface area contributed by atoms with Crippen molar-refractivity contribution in [1.82, 2.24) is 5.32 Å². The summed E-state index contributed by atoms with van der Waals surface area (Å²) < 4.78 is 12.0. The summed E-state index contributed by atoms with van der Waals surface area (Å²) in [5, 5.41) is 3.24. The van der Waals surface area contributed by atoms with Gasteiger partial charge in [0, 0.05) is 12.3 Å². The highest BCUT2D eigenvalue weighted by molar-refractivity contribution is 5.84. The summed E-state index contributed by atoms with van der Waals surface area (Å²) in [4.78, 5) is 13.1. The number of rotatable bonds is 3. The summed E-state index contributed by atoms with van der Waals surface area (Å²) in [5.41, 5.74) is 0.859. The Labute approximate surface area is 137 Å². The highest BCUT2D eigenvalue weighted by Crippen LogP contribution is 2.61. The van der Waals surface area contributed by atoms with Crippen LogP contribution in [-0.2, 0) is 14.3 Å². The van der Waals surface area contributed by atoms with Gasteiger partial charge in [0.1, 0.15) is 0 Å². The van der Waals surface area contributed by atoms with Gasteiger partial charge in [-0.1, -0.05) is 30.3 Å². The molecule has 1 spiro atoms. The van der Waals surface area contributed by atoms with E-state index in [9.17, 15) is 4.79 Å². The van der Waals surface area contributed by atoms with Gasteiger partial charge in [-0.05, 0) is 38.2 Å². The van der Waals surface area contributed by atoms with Crippen molar-refractivity contribution in [3.63, 3.8) is 0 Å². The molecule has 3 fully saturated rings. The summed E-state index contributed by atoms with van der Waals surface area (Å²) in [6, 6.07) is 10.2. The highest BCUT2D eigenvalue weighted by Gasteiger charge is 2.65. The van der Waals surface area contributed by atoms with Gasteiger partial charge in [-0.25, -0.2) is 0 Å². The smallest absolute Gasteiger partial charge is 0.227 e. The van der Waals surface area contributed by atoms with Crippen LogP contribution in [-0.4, -0.2) is 24.9 Å². The molecule has 0 aromatic heterocycles. The average Bonchev–Trinajstić information content (AvgIpc) is 2.99. The van der Waals surface area contributed by atoms with Crippen LogP contribution in [0.15, 0.2) is 30.3 Å². The summed E-state index contributed by atoms with van der Waals surface area (Å²) in [6.07, 6.45) is 4.89. The fourth-order valence-corrected chi connectivity index (χ4v) is 4.77. The first-order valence-corrected chi connectivity index (χ1v) is 8.80. The molecule has 1 amide bonds. The van der Waals surface area contributed by atoms with Gasteiger partial charge in [0.2, 0.25) is 5.91 Å². The summed E-state index contributed by atoms with van der Waals surface area (Å²) >= 11 is 0. The van der Waals surface area contributed by atoms with Crippen LogP contribution in [0.5, 0.6) is 0 Å². The van der Waals surface area contributed by atoms with Crippen molar-refractivity contribution in [3.8, 4) is 0 Å². The molecular formula is C19H25NO3. The van der Waals surface area contributed by atoms with E-state index in [1.54, 1.807) is 0 Å². The second-order valence-electron chi connectivity index (χ2n) is 7.22. The molecule has 1 saturated heterocycles. The number of amides is 1. The topological polar surface area (TPSA) is 47.6 Å². The van der Waals surface area contributed by atoms with Crippen LogP contribution in [0.25, 0.3) is 0 Å². The van der Waals surface area contributed by atoms with Crippen LogP contribution >= 0.6 is 0 Å². The molecule has 4 rings (SSSR count). The van der Waals surface area contributed by atoms with E-state index in [-0.39, 0.29) is 23.3 Å². The maximum atomic E-state index is 13.1. The lowest BCUT2D eigenvalue weighted by molar-refractivity contribution is -0.270. The molecule has 1 aromatic rings. The van der Waals surface area contributed by atoms with Gasteiger partial charge >= 0.3 is 0 Å². The molecule has 0 radical (unpaired) electrons. The van der Waals surface area contributed by atoms with Crippen LogP contribution in [0.3, 0.4) is 0 Å². The number of ether oxygens (including phenoxy) is 2.